The normalized spacial score (nSPS) is 21.1. The highest BCUT2D eigenvalue weighted by Gasteiger charge is 2.38. The van der Waals surface area contributed by atoms with Crippen LogP contribution in [0.25, 0.3) is 0 Å². The van der Waals surface area contributed by atoms with Crippen molar-refractivity contribution in [3.05, 3.63) is 42.0 Å². The monoisotopic (exact) mass is 314 g/mol. The molecule has 0 N–H and O–H groups in total. The fraction of sp³-hybridized carbons (Fsp3) is 0.500. The van der Waals surface area contributed by atoms with Gasteiger partial charge in [0.25, 0.3) is 5.91 Å². The third-order valence-electron chi connectivity index (χ3n) is 4.47. The van der Waals surface area contributed by atoms with Crippen LogP contribution in [0, 0.1) is 0 Å². The van der Waals surface area contributed by atoms with E-state index >= 15 is 0 Å². The van der Waals surface area contributed by atoms with Crippen LogP contribution >= 0.6 is 0 Å². The van der Waals surface area contributed by atoms with E-state index in [0.29, 0.717) is 11.6 Å². The van der Waals surface area contributed by atoms with Gasteiger partial charge in [-0.05, 0) is 38.6 Å². The molecule has 0 aliphatic carbocycles. The molecule has 2 aromatic rings. The maximum absolute atomic E-state index is 12.8. The van der Waals surface area contributed by atoms with Gasteiger partial charge in [0, 0.05) is 25.8 Å². The highest BCUT2D eigenvalue weighted by atomic mass is 16.2. The minimum atomic E-state index is 0.0261. The molecule has 122 valence electrons. The third kappa shape index (κ3) is 3.24. The van der Waals surface area contributed by atoms with Gasteiger partial charge in [-0.15, -0.1) is 0 Å². The number of hydrogen-bond donors (Lipinski definition) is 0. The average molecular weight is 314 g/mol. The molecule has 0 radical (unpaired) electrons. The molecular weight excluding hydrogens is 292 g/mol. The number of aromatic nitrogens is 4. The van der Waals surface area contributed by atoms with E-state index < -0.39 is 0 Å². The van der Waals surface area contributed by atoms with Gasteiger partial charge in [-0.3, -0.25) is 9.48 Å². The topological polar surface area (TPSA) is 67.2 Å². The maximum Gasteiger partial charge on any atom is 0.255 e. The first-order valence-corrected chi connectivity index (χ1v) is 7.78. The molecule has 23 heavy (non-hydrogen) atoms. The van der Waals surface area contributed by atoms with Gasteiger partial charge >= 0.3 is 0 Å². The minimum Gasteiger partial charge on any atom is -0.334 e. The summed E-state index contributed by atoms with van der Waals surface area (Å²) < 4.78 is 1.80. The number of hydrogen-bond acceptors (Lipinski definition) is 5. The Hall–Kier alpha value is -2.28. The van der Waals surface area contributed by atoms with Crippen molar-refractivity contribution in [1.29, 1.82) is 0 Å². The zero-order valence-electron chi connectivity index (χ0n) is 13.8. The Morgan fingerprint density at radius 1 is 1.35 bits per heavy atom. The molecule has 1 saturated heterocycles. The van der Waals surface area contributed by atoms with Gasteiger partial charge in [-0.2, -0.15) is 15.3 Å². The van der Waals surface area contributed by atoms with Gasteiger partial charge in [0.15, 0.2) is 0 Å². The molecule has 2 aromatic heterocycles. The minimum absolute atomic E-state index is 0.0261. The Labute approximate surface area is 135 Å². The standard InChI is InChI=1S/C16H22N6O/c1-20(2)14-5-7-22(16(23)13-4-6-17-18-10-13)15(14)8-12-9-19-21(3)11-12/h4,6,9-11,14-15H,5,7-8H2,1-3H3/t14-,15+/m1/s1. The molecule has 0 spiro atoms. The van der Waals surface area contributed by atoms with Crippen LogP contribution < -0.4 is 0 Å². The lowest BCUT2D eigenvalue weighted by molar-refractivity contribution is 0.0704. The fourth-order valence-electron chi connectivity index (χ4n) is 3.34. The summed E-state index contributed by atoms with van der Waals surface area (Å²) in [6.07, 6.45) is 8.77. The van der Waals surface area contributed by atoms with Crippen LogP contribution in [0.1, 0.15) is 22.3 Å². The average Bonchev–Trinajstić information content (AvgIpc) is 3.14. The Balaban J connectivity index is 1.84. The Kier molecular flexibility index (Phi) is 4.38. The summed E-state index contributed by atoms with van der Waals surface area (Å²) in [4.78, 5) is 17.0. The molecule has 0 saturated carbocycles. The van der Waals surface area contributed by atoms with Gasteiger partial charge < -0.3 is 9.80 Å². The van der Waals surface area contributed by atoms with Crippen LogP contribution in [0.15, 0.2) is 30.9 Å². The molecule has 3 heterocycles. The van der Waals surface area contributed by atoms with Crippen LogP contribution in [-0.4, -0.2) is 68.4 Å². The Morgan fingerprint density at radius 2 is 2.17 bits per heavy atom. The summed E-state index contributed by atoms with van der Waals surface area (Å²) in [6.45, 7) is 0.759. The molecule has 0 unspecified atom stereocenters. The molecule has 7 nitrogen and oxygen atoms in total. The second kappa shape index (κ2) is 6.45. The van der Waals surface area contributed by atoms with E-state index in [-0.39, 0.29) is 11.9 Å². The van der Waals surface area contributed by atoms with Crippen molar-refractivity contribution in [3.63, 3.8) is 0 Å². The van der Waals surface area contributed by atoms with Gasteiger partial charge in [-0.1, -0.05) is 0 Å². The Bertz CT molecular complexity index is 668. The summed E-state index contributed by atoms with van der Waals surface area (Å²) in [7, 11) is 6.05. The molecule has 1 aliphatic heterocycles. The molecule has 7 heteroatoms. The number of nitrogens with zero attached hydrogens (tertiary/aromatic N) is 6. The van der Waals surface area contributed by atoms with Crippen LogP contribution in [-0.2, 0) is 13.5 Å². The van der Waals surface area contributed by atoms with Crippen molar-refractivity contribution in [1.82, 2.24) is 29.8 Å². The van der Waals surface area contributed by atoms with E-state index in [2.05, 4.69) is 34.3 Å². The molecule has 2 atom stereocenters. The zero-order chi connectivity index (χ0) is 16.4. The summed E-state index contributed by atoms with van der Waals surface area (Å²) in [5, 5.41) is 11.8. The third-order valence-corrected chi connectivity index (χ3v) is 4.47. The first kappa shape index (κ1) is 15.6. The van der Waals surface area contributed by atoms with Crippen molar-refractivity contribution in [2.75, 3.05) is 20.6 Å². The summed E-state index contributed by atoms with van der Waals surface area (Å²) >= 11 is 0. The lowest BCUT2D eigenvalue weighted by atomic mass is 10.0. The second-order valence-electron chi connectivity index (χ2n) is 6.24. The van der Waals surface area contributed by atoms with Crippen molar-refractivity contribution >= 4 is 5.91 Å². The van der Waals surface area contributed by atoms with Gasteiger partial charge in [0.1, 0.15) is 0 Å². The van der Waals surface area contributed by atoms with Crippen LogP contribution in [0.3, 0.4) is 0 Å². The molecular formula is C16H22N6O. The number of likely N-dealkylation sites (N-methyl/N-ethyl adjacent to an activating group) is 1. The van der Waals surface area contributed by atoms with Gasteiger partial charge in [0.05, 0.1) is 30.2 Å². The number of rotatable bonds is 4. The SMILES string of the molecule is CN(C)[C@@H]1CCN(C(=O)c2ccnnc2)[C@H]1Cc1cnn(C)c1. The molecule has 3 rings (SSSR count). The summed E-state index contributed by atoms with van der Waals surface area (Å²) in [6, 6.07) is 2.20. The maximum atomic E-state index is 12.8. The van der Waals surface area contributed by atoms with E-state index in [1.54, 1.807) is 16.9 Å². The number of amides is 1. The van der Waals surface area contributed by atoms with Gasteiger partial charge in [0.2, 0.25) is 0 Å². The van der Waals surface area contributed by atoms with Crippen molar-refractivity contribution in [2.45, 2.75) is 24.9 Å². The van der Waals surface area contributed by atoms with E-state index in [9.17, 15) is 4.79 Å². The van der Waals surface area contributed by atoms with E-state index in [1.165, 1.54) is 6.20 Å². The summed E-state index contributed by atoms with van der Waals surface area (Å²) in [5.41, 5.74) is 1.74. The van der Waals surface area contributed by atoms with E-state index in [0.717, 1.165) is 24.9 Å². The predicted molar refractivity (Wildman–Crippen MR) is 85.9 cm³/mol. The second-order valence-corrected chi connectivity index (χ2v) is 6.24. The van der Waals surface area contributed by atoms with Crippen molar-refractivity contribution < 1.29 is 4.79 Å². The number of carbonyl (C=O) groups excluding carboxylic acids is 1. The highest BCUT2D eigenvalue weighted by Crippen LogP contribution is 2.26. The largest absolute Gasteiger partial charge is 0.334 e. The van der Waals surface area contributed by atoms with Crippen LogP contribution in [0.4, 0.5) is 0 Å². The van der Waals surface area contributed by atoms with Crippen LogP contribution in [0.5, 0.6) is 0 Å². The lowest BCUT2D eigenvalue weighted by Crippen LogP contribution is -2.45. The van der Waals surface area contributed by atoms with Crippen molar-refractivity contribution in [2.24, 2.45) is 7.05 Å². The summed E-state index contributed by atoms with van der Waals surface area (Å²) in [5.74, 6) is 0.0261. The number of likely N-dealkylation sites (tertiary alicyclic amines) is 1. The molecule has 0 bridgehead atoms. The predicted octanol–water partition coefficient (Wildman–Crippen LogP) is 0.597. The molecule has 1 aliphatic rings. The smallest absolute Gasteiger partial charge is 0.255 e. The first-order valence-electron chi connectivity index (χ1n) is 7.78. The highest BCUT2D eigenvalue weighted by molar-refractivity contribution is 5.94. The van der Waals surface area contributed by atoms with Crippen LogP contribution in [0.2, 0.25) is 0 Å². The van der Waals surface area contributed by atoms with E-state index in [4.69, 9.17) is 0 Å². The lowest BCUT2D eigenvalue weighted by Gasteiger charge is -2.31. The molecule has 1 amide bonds. The van der Waals surface area contributed by atoms with E-state index in [1.807, 2.05) is 24.3 Å². The van der Waals surface area contributed by atoms with Crippen molar-refractivity contribution in [3.8, 4) is 0 Å². The molecule has 1 fully saturated rings. The molecule has 0 aromatic carbocycles. The Morgan fingerprint density at radius 3 is 2.78 bits per heavy atom. The number of aryl methyl sites for hydroxylation is 1. The van der Waals surface area contributed by atoms with Gasteiger partial charge in [-0.25, -0.2) is 0 Å². The first-order chi connectivity index (χ1) is 11.1. The number of carbonyl (C=O) groups is 1. The fourth-order valence-corrected chi connectivity index (χ4v) is 3.34. The quantitative estimate of drug-likeness (QED) is 0.826. The zero-order valence-corrected chi connectivity index (χ0v) is 13.8.